The van der Waals surface area contributed by atoms with Crippen LogP contribution in [0, 0.1) is 12.8 Å². The lowest BCUT2D eigenvalue weighted by Gasteiger charge is -2.37. The van der Waals surface area contributed by atoms with E-state index in [1.54, 1.807) is 4.90 Å². The van der Waals surface area contributed by atoms with Gasteiger partial charge in [0.25, 0.3) is 0 Å². The third-order valence-electron chi connectivity index (χ3n) is 4.94. The number of amides is 2. The molecular formula is C18H32Cl2N6O2. The first-order valence-electron chi connectivity index (χ1n) is 9.13. The summed E-state index contributed by atoms with van der Waals surface area (Å²) in [4.78, 5) is 28.1. The third kappa shape index (κ3) is 7.07. The van der Waals surface area contributed by atoms with Gasteiger partial charge in [0.05, 0.1) is 18.3 Å². The summed E-state index contributed by atoms with van der Waals surface area (Å²) in [5.74, 6) is 0.544. The van der Waals surface area contributed by atoms with E-state index < -0.39 is 6.04 Å². The Bertz CT molecular complexity index is 621. The summed E-state index contributed by atoms with van der Waals surface area (Å²) in [6, 6.07) is 3.65. The zero-order chi connectivity index (χ0) is 19.3. The molecular weight excluding hydrogens is 403 g/mol. The maximum absolute atomic E-state index is 12.3. The van der Waals surface area contributed by atoms with Crippen LogP contribution in [-0.2, 0) is 9.59 Å². The number of anilines is 1. The van der Waals surface area contributed by atoms with E-state index in [-0.39, 0.29) is 49.1 Å². The first-order valence-corrected chi connectivity index (χ1v) is 9.13. The van der Waals surface area contributed by atoms with E-state index in [2.05, 4.69) is 20.4 Å². The van der Waals surface area contributed by atoms with Gasteiger partial charge in [-0.3, -0.25) is 9.59 Å². The summed E-state index contributed by atoms with van der Waals surface area (Å²) < 4.78 is 0. The number of carbonyl (C=O) groups is 2. The molecule has 8 nitrogen and oxygen atoms in total. The molecule has 1 fully saturated rings. The third-order valence-corrected chi connectivity index (χ3v) is 4.94. The van der Waals surface area contributed by atoms with Crippen molar-refractivity contribution in [1.82, 2.24) is 20.4 Å². The van der Waals surface area contributed by atoms with Gasteiger partial charge >= 0.3 is 0 Å². The normalized spacial score (nSPS) is 15.3. The summed E-state index contributed by atoms with van der Waals surface area (Å²) >= 11 is 0. The first kappa shape index (κ1) is 26.4. The van der Waals surface area contributed by atoms with Gasteiger partial charge < -0.3 is 20.9 Å². The number of piperidine rings is 1. The average molecular weight is 435 g/mol. The summed E-state index contributed by atoms with van der Waals surface area (Å²) in [7, 11) is 2.01. The molecule has 3 N–H and O–H groups in total. The van der Waals surface area contributed by atoms with Gasteiger partial charge in [-0.1, -0.05) is 13.8 Å². The SMILES string of the molecule is Cc1ccc(N(C)C2CCN(C(=O)CNC(=O)[C@@H](N)C(C)C)CC2)nn1.Cl.Cl. The summed E-state index contributed by atoms with van der Waals surface area (Å²) in [6.45, 7) is 7.01. The van der Waals surface area contributed by atoms with E-state index in [1.165, 1.54) is 0 Å². The van der Waals surface area contributed by atoms with Gasteiger partial charge in [-0.05, 0) is 37.8 Å². The maximum Gasteiger partial charge on any atom is 0.241 e. The van der Waals surface area contributed by atoms with E-state index in [4.69, 9.17) is 5.73 Å². The van der Waals surface area contributed by atoms with Crippen LogP contribution < -0.4 is 16.0 Å². The minimum Gasteiger partial charge on any atom is -0.355 e. The van der Waals surface area contributed by atoms with E-state index in [0.29, 0.717) is 19.1 Å². The molecule has 0 aromatic carbocycles. The van der Waals surface area contributed by atoms with Crippen LogP contribution in [0.2, 0.25) is 0 Å². The van der Waals surface area contributed by atoms with Gasteiger partial charge in [-0.2, -0.15) is 5.10 Å². The monoisotopic (exact) mass is 434 g/mol. The molecule has 10 heteroatoms. The van der Waals surface area contributed by atoms with Gasteiger partial charge in [0, 0.05) is 26.2 Å². The Hall–Kier alpha value is -1.64. The molecule has 160 valence electrons. The Morgan fingerprint density at radius 1 is 1.25 bits per heavy atom. The van der Waals surface area contributed by atoms with E-state index in [0.717, 1.165) is 24.4 Å². The van der Waals surface area contributed by atoms with Crippen molar-refractivity contribution in [2.75, 3.05) is 31.6 Å². The second kappa shape index (κ2) is 12.0. The van der Waals surface area contributed by atoms with Crippen LogP contribution in [-0.4, -0.2) is 65.7 Å². The zero-order valence-corrected chi connectivity index (χ0v) is 18.6. The van der Waals surface area contributed by atoms with E-state index in [1.807, 2.05) is 40.0 Å². The highest BCUT2D eigenvalue weighted by Gasteiger charge is 2.26. The number of nitrogens with two attached hydrogens (primary N) is 1. The van der Waals surface area contributed by atoms with Crippen molar-refractivity contribution in [1.29, 1.82) is 0 Å². The fourth-order valence-corrected chi connectivity index (χ4v) is 2.96. The molecule has 1 aliphatic heterocycles. The lowest BCUT2D eigenvalue weighted by Crippen LogP contribution is -2.51. The Labute approximate surface area is 179 Å². The molecule has 1 aromatic heterocycles. The number of nitrogens with zero attached hydrogens (tertiary/aromatic N) is 4. The second-order valence-electron chi connectivity index (χ2n) is 7.24. The number of likely N-dealkylation sites (tertiary alicyclic amines) is 1. The topological polar surface area (TPSA) is 104 Å². The number of hydrogen-bond acceptors (Lipinski definition) is 6. The minimum atomic E-state index is -0.585. The van der Waals surface area contributed by atoms with Crippen molar-refractivity contribution in [3.8, 4) is 0 Å². The average Bonchev–Trinajstić information content (AvgIpc) is 2.65. The predicted molar refractivity (Wildman–Crippen MR) is 115 cm³/mol. The smallest absolute Gasteiger partial charge is 0.241 e. The maximum atomic E-state index is 12.3. The molecule has 1 saturated heterocycles. The van der Waals surface area contributed by atoms with Crippen LogP contribution in [0.1, 0.15) is 32.4 Å². The van der Waals surface area contributed by atoms with Crippen molar-refractivity contribution in [3.05, 3.63) is 17.8 Å². The number of aryl methyl sites for hydroxylation is 1. The van der Waals surface area contributed by atoms with Gasteiger partial charge in [0.1, 0.15) is 0 Å². The van der Waals surface area contributed by atoms with Crippen LogP contribution in [0.3, 0.4) is 0 Å². The van der Waals surface area contributed by atoms with Crippen molar-refractivity contribution in [2.45, 2.75) is 45.7 Å². The Balaban J connectivity index is 0.00000364. The number of rotatable bonds is 6. The predicted octanol–water partition coefficient (Wildman–Crippen LogP) is 1.16. The Morgan fingerprint density at radius 2 is 1.86 bits per heavy atom. The number of aromatic nitrogens is 2. The largest absolute Gasteiger partial charge is 0.355 e. The standard InChI is InChI=1S/C18H30N6O2.2ClH/c1-12(2)17(19)18(26)20-11-16(25)24-9-7-14(8-10-24)23(4)15-6-5-13(3)21-22-15;;/h5-6,12,14,17H,7-11,19H2,1-4H3,(H,20,26);2*1H/t17-;;/m0../s1. The molecule has 1 aromatic rings. The highest BCUT2D eigenvalue weighted by Crippen LogP contribution is 2.20. The quantitative estimate of drug-likeness (QED) is 0.695. The molecule has 0 saturated carbocycles. The van der Waals surface area contributed by atoms with Crippen LogP contribution in [0.25, 0.3) is 0 Å². The molecule has 2 amide bonds. The van der Waals surface area contributed by atoms with Gasteiger partial charge in [0.15, 0.2) is 5.82 Å². The molecule has 2 rings (SSSR count). The highest BCUT2D eigenvalue weighted by atomic mass is 35.5. The van der Waals surface area contributed by atoms with Crippen molar-refractivity contribution < 1.29 is 9.59 Å². The second-order valence-corrected chi connectivity index (χ2v) is 7.24. The van der Waals surface area contributed by atoms with Gasteiger partial charge in [-0.15, -0.1) is 29.9 Å². The summed E-state index contributed by atoms with van der Waals surface area (Å²) in [5.41, 5.74) is 6.68. The van der Waals surface area contributed by atoms with Crippen LogP contribution in [0.15, 0.2) is 12.1 Å². The summed E-state index contributed by atoms with van der Waals surface area (Å²) in [6.07, 6.45) is 1.72. The first-order chi connectivity index (χ1) is 12.3. The Morgan fingerprint density at radius 3 is 2.36 bits per heavy atom. The minimum absolute atomic E-state index is 0. The zero-order valence-electron chi connectivity index (χ0n) is 16.9. The molecule has 28 heavy (non-hydrogen) atoms. The highest BCUT2D eigenvalue weighted by molar-refractivity contribution is 5.87. The molecule has 0 spiro atoms. The van der Waals surface area contributed by atoms with Gasteiger partial charge in [-0.25, -0.2) is 0 Å². The fraction of sp³-hybridized carbons (Fsp3) is 0.667. The molecule has 0 bridgehead atoms. The number of halogens is 2. The van der Waals surface area contributed by atoms with Crippen molar-refractivity contribution in [3.63, 3.8) is 0 Å². The molecule has 1 aliphatic rings. The molecule has 0 aliphatic carbocycles. The van der Waals surface area contributed by atoms with Crippen LogP contribution in [0.4, 0.5) is 5.82 Å². The van der Waals surface area contributed by atoms with Gasteiger partial charge in [0.2, 0.25) is 11.8 Å². The number of nitrogens with one attached hydrogen (secondary N) is 1. The van der Waals surface area contributed by atoms with Crippen molar-refractivity contribution >= 4 is 42.4 Å². The number of hydrogen-bond donors (Lipinski definition) is 2. The fourth-order valence-electron chi connectivity index (χ4n) is 2.96. The molecule has 1 atom stereocenters. The van der Waals surface area contributed by atoms with Crippen molar-refractivity contribution in [2.24, 2.45) is 11.7 Å². The number of carbonyl (C=O) groups excluding carboxylic acids is 2. The molecule has 0 radical (unpaired) electrons. The van der Waals surface area contributed by atoms with Crippen LogP contribution in [0.5, 0.6) is 0 Å². The Kier molecular flexibility index (Phi) is 11.3. The summed E-state index contributed by atoms with van der Waals surface area (Å²) in [5, 5.41) is 11.0. The van der Waals surface area contributed by atoms with Crippen LogP contribution >= 0.6 is 24.8 Å². The van der Waals surface area contributed by atoms with E-state index in [9.17, 15) is 9.59 Å². The van der Waals surface area contributed by atoms with E-state index >= 15 is 0 Å². The molecule has 0 unspecified atom stereocenters. The lowest BCUT2D eigenvalue weighted by molar-refractivity contribution is -0.134. The molecule has 2 heterocycles. The lowest BCUT2D eigenvalue weighted by atomic mass is 10.0.